The molecule has 0 aromatic carbocycles. The molecule has 2 heterocycles. The molecule has 0 unspecified atom stereocenters. The van der Waals surface area contributed by atoms with Crippen molar-refractivity contribution < 1.29 is 18.0 Å². The molecule has 0 aliphatic heterocycles. The average molecular weight is 268 g/mol. The smallest absolute Gasteiger partial charge is 0.303 e. The van der Waals surface area contributed by atoms with Crippen LogP contribution in [0, 0.1) is 0 Å². The minimum Gasteiger partial charge on any atom is -0.303 e. The molecular weight excluding hydrogens is 257 g/mol. The van der Waals surface area contributed by atoms with Gasteiger partial charge in [-0.15, -0.1) is 0 Å². The van der Waals surface area contributed by atoms with Crippen molar-refractivity contribution in [3.05, 3.63) is 34.8 Å². The van der Waals surface area contributed by atoms with Gasteiger partial charge in [-0.05, 0) is 31.7 Å². The molecule has 1 aliphatic rings. The third kappa shape index (κ3) is 1.91. The lowest BCUT2D eigenvalue weighted by molar-refractivity contribution is -0.137. The van der Waals surface area contributed by atoms with E-state index in [-0.39, 0.29) is 5.56 Å². The standard InChI is InChI=1S/C13H11F3N2O/c14-13(15,16)9-5-8(7-19)12-17-10-3-1-2-4-11(10)18(12)6-9/h5-7H,1-4H2. The molecule has 1 aliphatic carbocycles. The maximum absolute atomic E-state index is 12.8. The van der Waals surface area contributed by atoms with Gasteiger partial charge in [0.1, 0.15) is 5.65 Å². The number of carbonyl (C=O) groups is 1. The fourth-order valence-corrected chi connectivity index (χ4v) is 2.56. The van der Waals surface area contributed by atoms with E-state index in [2.05, 4.69) is 4.98 Å². The minimum atomic E-state index is -4.46. The van der Waals surface area contributed by atoms with Crippen molar-refractivity contribution in [3.63, 3.8) is 0 Å². The third-order valence-electron chi connectivity index (χ3n) is 3.46. The van der Waals surface area contributed by atoms with Gasteiger partial charge in [-0.2, -0.15) is 13.2 Å². The third-order valence-corrected chi connectivity index (χ3v) is 3.46. The van der Waals surface area contributed by atoms with Crippen LogP contribution in [0.3, 0.4) is 0 Å². The minimum absolute atomic E-state index is 0.00998. The van der Waals surface area contributed by atoms with E-state index in [4.69, 9.17) is 0 Å². The van der Waals surface area contributed by atoms with E-state index in [1.165, 1.54) is 4.40 Å². The summed E-state index contributed by atoms with van der Waals surface area (Å²) >= 11 is 0. The fourth-order valence-electron chi connectivity index (χ4n) is 2.56. The van der Waals surface area contributed by atoms with Gasteiger partial charge in [-0.1, -0.05) is 0 Å². The van der Waals surface area contributed by atoms with Crippen LogP contribution in [0.5, 0.6) is 0 Å². The van der Waals surface area contributed by atoms with Crippen molar-refractivity contribution >= 4 is 11.9 Å². The van der Waals surface area contributed by atoms with E-state index in [9.17, 15) is 18.0 Å². The second kappa shape index (κ2) is 4.08. The molecule has 2 aromatic heterocycles. The number of carbonyl (C=O) groups excluding carboxylic acids is 1. The lowest BCUT2D eigenvalue weighted by atomic mass is 10.0. The van der Waals surface area contributed by atoms with Crippen LogP contribution in [-0.4, -0.2) is 15.7 Å². The topological polar surface area (TPSA) is 34.4 Å². The Bertz CT molecular complexity index is 658. The van der Waals surface area contributed by atoms with E-state index in [0.29, 0.717) is 18.4 Å². The van der Waals surface area contributed by atoms with Gasteiger partial charge in [-0.3, -0.25) is 4.79 Å². The fraction of sp³-hybridized carbons (Fsp3) is 0.385. The molecule has 3 nitrogen and oxygen atoms in total. The summed E-state index contributed by atoms with van der Waals surface area (Å²) in [5.41, 5.74) is 1.12. The summed E-state index contributed by atoms with van der Waals surface area (Å²) in [5, 5.41) is 0. The Balaban J connectivity index is 2.32. The number of halogens is 3. The summed E-state index contributed by atoms with van der Waals surface area (Å²) in [5.74, 6) is 0. The molecule has 0 fully saturated rings. The zero-order chi connectivity index (χ0) is 13.6. The molecule has 0 spiro atoms. The first kappa shape index (κ1) is 12.2. The Morgan fingerprint density at radius 1 is 1.26 bits per heavy atom. The number of nitrogens with zero attached hydrogens (tertiary/aromatic N) is 2. The van der Waals surface area contributed by atoms with Crippen LogP contribution >= 0.6 is 0 Å². The molecule has 0 radical (unpaired) electrons. The molecule has 0 atom stereocenters. The first-order chi connectivity index (χ1) is 9.00. The molecular formula is C13H11F3N2O. The number of alkyl halides is 3. The van der Waals surface area contributed by atoms with E-state index >= 15 is 0 Å². The predicted molar refractivity (Wildman–Crippen MR) is 62.2 cm³/mol. The second-order valence-electron chi connectivity index (χ2n) is 4.71. The van der Waals surface area contributed by atoms with Gasteiger partial charge < -0.3 is 4.40 Å². The van der Waals surface area contributed by atoms with Crippen LogP contribution in [0.1, 0.15) is 40.2 Å². The predicted octanol–water partition coefficient (Wildman–Crippen LogP) is 3.04. The summed E-state index contributed by atoms with van der Waals surface area (Å²) in [7, 11) is 0. The quantitative estimate of drug-likeness (QED) is 0.745. The summed E-state index contributed by atoms with van der Waals surface area (Å²) < 4.78 is 39.9. The van der Waals surface area contributed by atoms with Crippen molar-refractivity contribution in [3.8, 4) is 0 Å². The van der Waals surface area contributed by atoms with Crippen LogP contribution in [0.25, 0.3) is 5.65 Å². The maximum Gasteiger partial charge on any atom is 0.417 e. The van der Waals surface area contributed by atoms with Crippen molar-refractivity contribution in [2.45, 2.75) is 31.9 Å². The number of fused-ring (bicyclic) bond motifs is 3. The Labute approximate surface area is 107 Å². The van der Waals surface area contributed by atoms with Crippen molar-refractivity contribution in [1.82, 2.24) is 9.38 Å². The number of aromatic nitrogens is 2. The van der Waals surface area contributed by atoms with Gasteiger partial charge in [-0.25, -0.2) is 4.98 Å². The van der Waals surface area contributed by atoms with Gasteiger partial charge in [0.2, 0.25) is 0 Å². The molecule has 6 heteroatoms. The average Bonchev–Trinajstić information content (AvgIpc) is 2.75. The van der Waals surface area contributed by atoms with Crippen molar-refractivity contribution in [2.75, 3.05) is 0 Å². The number of imidazole rings is 1. The second-order valence-corrected chi connectivity index (χ2v) is 4.71. The van der Waals surface area contributed by atoms with Crippen molar-refractivity contribution in [2.24, 2.45) is 0 Å². The zero-order valence-electron chi connectivity index (χ0n) is 10.00. The van der Waals surface area contributed by atoms with Crippen LogP contribution in [-0.2, 0) is 19.0 Å². The van der Waals surface area contributed by atoms with Crippen LogP contribution in [0.15, 0.2) is 12.3 Å². The number of pyridine rings is 1. The lowest BCUT2D eigenvalue weighted by Gasteiger charge is -2.12. The van der Waals surface area contributed by atoms with Gasteiger partial charge in [0.05, 0.1) is 16.8 Å². The first-order valence-corrected chi connectivity index (χ1v) is 6.07. The Morgan fingerprint density at radius 2 is 2.00 bits per heavy atom. The molecule has 0 bridgehead atoms. The molecule has 19 heavy (non-hydrogen) atoms. The highest BCUT2D eigenvalue weighted by molar-refractivity contribution is 5.84. The first-order valence-electron chi connectivity index (χ1n) is 6.07. The molecule has 0 amide bonds. The Morgan fingerprint density at radius 3 is 2.68 bits per heavy atom. The van der Waals surface area contributed by atoms with Crippen molar-refractivity contribution in [1.29, 1.82) is 0 Å². The number of rotatable bonds is 1. The van der Waals surface area contributed by atoms with Crippen LogP contribution in [0.2, 0.25) is 0 Å². The van der Waals surface area contributed by atoms with Crippen LogP contribution in [0.4, 0.5) is 13.2 Å². The molecule has 0 saturated carbocycles. The molecule has 0 saturated heterocycles. The van der Waals surface area contributed by atoms with Crippen LogP contribution < -0.4 is 0 Å². The Kier molecular flexibility index (Phi) is 2.62. The summed E-state index contributed by atoms with van der Waals surface area (Å²) in [6, 6.07) is 0.862. The number of aryl methyl sites for hydroxylation is 2. The molecule has 3 rings (SSSR count). The van der Waals surface area contributed by atoms with E-state index < -0.39 is 11.7 Å². The maximum atomic E-state index is 12.8. The number of hydrogen-bond donors (Lipinski definition) is 0. The summed E-state index contributed by atoms with van der Waals surface area (Å²) in [6.45, 7) is 0. The highest BCUT2D eigenvalue weighted by Gasteiger charge is 2.32. The Hall–Kier alpha value is -1.85. The SMILES string of the molecule is O=Cc1cc(C(F)(F)F)cn2c3c(nc12)CCCC3. The van der Waals surface area contributed by atoms with Gasteiger partial charge in [0.25, 0.3) is 0 Å². The van der Waals surface area contributed by atoms with Gasteiger partial charge >= 0.3 is 6.18 Å². The van der Waals surface area contributed by atoms with E-state index in [1.807, 2.05) is 0 Å². The normalized spacial score (nSPS) is 15.5. The molecule has 100 valence electrons. The van der Waals surface area contributed by atoms with E-state index in [1.54, 1.807) is 0 Å². The highest BCUT2D eigenvalue weighted by Crippen LogP contribution is 2.32. The highest BCUT2D eigenvalue weighted by atomic mass is 19.4. The van der Waals surface area contributed by atoms with E-state index in [0.717, 1.165) is 42.9 Å². The monoisotopic (exact) mass is 268 g/mol. The molecule has 0 N–H and O–H groups in total. The molecule has 2 aromatic rings. The zero-order valence-corrected chi connectivity index (χ0v) is 10.00. The summed E-state index contributed by atoms with van der Waals surface area (Å²) in [4.78, 5) is 15.3. The lowest BCUT2D eigenvalue weighted by Crippen LogP contribution is -2.10. The number of hydrogen-bond acceptors (Lipinski definition) is 2. The number of aldehydes is 1. The largest absolute Gasteiger partial charge is 0.417 e. The van der Waals surface area contributed by atoms with Gasteiger partial charge in [0, 0.05) is 11.9 Å². The van der Waals surface area contributed by atoms with Gasteiger partial charge in [0.15, 0.2) is 6.29 Å². The summed E-state index contributed by atoms with van der Waals surface area (Å²) in [6.07, 6.45) is 0.403.